The van der Waals surface area contributed by atoms with Gasteiger partial charge in [0, 0.05) is 25.3 Å². The van der Waals surface area contributed by atoms with Crippen LogP contribution >= 0.6 is 27.3 Å². The van der Waals surface area contributed by atoms with Crippen LogP contribution in [0.5, 0.6) is 0 Å². The highest BCUT2D eigenvalue weighted by Gasteiger charge is 2.11. The van der Waals surface area contributed by atoms with E-state index in [2.05, 4.69) is 32.4 Å². The average molecular weight is 338 g/mol. The fourth-order valence-corrected chi connectivity index (χ4v) is 3.06. The van der Waals surface area contributed by atoms with Gasteiger partial charge in [-0.3, -0.25) is 0 Å². The van der Waals surface area contributed by atoms with Gasteiger partial charge >= 0.3 is 0 Å². The van der Waals surface area contributed by atoms with E-state index in [0.29, 0.717) is 17.3 Å². The second-order valence-corrected chi connectivity index (χ2v) is 6.63. The van der Waals surface area contributed by atoms with Crippen molar-refractivity contribution in [1.29, 1.82) is 0 Å². The van der Waals surface area contributed by atoms with Crippen molar-refractivity contribution in [3.63, 3.8) is 0 Å². The third-order valence-electron chi connectivity index (χ3n) is 2.77. The first-order valence-electron chi connectivity index (χ1n) is 5.72. The fraction of sp³-hybridized carbons (Fsp3) is 0.154. The van der Waals surface area contributed by atoms with Crippen LogP contribution in [0, 0.1) is 0 Å². The maximum Gasteiger partial charge on any atom is 0.298 e. The zero-order chi connectivity index (χ0) is 13.4. The summed E-state index contributed by atoms with van der Waals surface area (Å²) >= 11 is 5.13. The molecule has 0 bridgehead atoms. The molecule has 0 radical (unpaired) electrons. The predicted octanol–water partition coefficient (Wildman–Crippen LogP) is 3.87. The van der Waals surface area contributed by atoms with Crippen molar-refractivity contribution < 1.29 is 4.42 Å². The molecule has 0 fully saturated rings. The number of aromatic nitrogens is 1. The van der Waals surface area contributed by atoms with Gasteiger partial charge in [-0.1, -0.05) is 0 Å². The van der Waals surface area contributed by atoms with Gasteiger partial charge in [0.05, 0.1) is 3.79 Å². The molecule has 3 rings (SSSR count). The van der Waals surface area contributed by atoms with E-state index in [1.54, 1.807) is 17.4 Å². The maximum absolute atomic E-state index is 5.73. The fourth-order valence-electron chi connectivity index (χ4n) is 1.86. The summed E-state index contributed by atoms with van der Waals surface area (Å²) in [6, 6.07) is 8.18. The van der Waals surface area contributed by atoms with Crippen LogP contribution in [0.15, 0.2) is 37.8 Å². The molecule has 98 valence electrons. The SMILES string of the molecule is CN(Cc1csc(Br)c1)c1nc2ccc(N)cc2o1. The lowest BCUT2D eigenvalue weighted by Gasteiger charge is -2.12. The molecule has 2 heterocycles. The molecule has 0 saturated heterocycles. The lowest BCUT2D eigenvalue weighted by Crippen LogP contribution is -2.15. The second kappa shape index (κ2) is 4.86. The molecule has 0 aliphatic carbocycles. The molecule has 0 aliphatic rings. The van der Waals surface area contributed by atoms with Gasteiger partial charge in [-0.25, -0.2) is 0 Å². The number of fused-ring (bicyclic) bond motifs is 1. The molecule has 6 heteroatoms. The molecule has 0 saturated carbocycles. The summed E-state index contributed by atoms with van der Waals surface area (Å²) in [5.41, 5.74) is 9.17. The van der Waals surface area contributed by atoms with Crippen LogP contribution in [0.2, 0.25) is 0 Å². The number of anilines is 2. The molecule has 0 unspecified atom stereocenters. The maximum atomic E-state index is 5.73. The van der Waals surface area contributed by atoms with Gasteiger partial charge in [-0.2, -0.15) is 4.98 Å². The Morgan fingerprint density at radius 2 is 2.26 bits per heavy atom. The first-order chi connectivity index (χ1) is 9.11. The third kappa shape index (κ3) is 2.59. The molecule has 0 amide bonds. The summed E-state index contributed by atoms with van der Waals surface area (Å²) in [6.45, 7) is 0.754. The normalized spacial score (nSPS) is 11.1. The van der Waals surface area contributed by atoms with Gasteiger partial charge in [0.1, 0.15) is 5.52 Å². The van der Waals surface area contributed by atoms with Crippen LogP contribution in [0.1, 0.15) is 5.56 Å². The van der Waals surface area contributed by atoms with Crippen molar-refractivity contribution in [2.45, 2.75) is 6.54 Å². The predicted molar refractivity (Wildman–Crippen MR) is 82.5 cm³/mol. The second-order valence-electron chi connectivity index (χ2n) is 4.34. The van der Waals surface area contributed by atoms with E-state index in [1.807, 2.05) is 24.1 Å². The van der Waals surface area contributed by atoms with Crippen molar-refractivity contribution in [3.05, 3.63) is 39.0 Å². The largest absolute Gasteiger partial charge is 0.423 e. The Morgan fingerprint density at radius 3 is 3.00 bits per heavy atom. The number of oxazole rings is 1. The standard InChI is InChI=1S/C13H12BrN3OS/c1-17(6-8-4-12(14)19-7-8)13-16-10-3-2-9(15)5-11(10)18-13/h2-5,7H,6,15H2,1H3. The zero-order valence-corrected chi connectivity index (χ0v) is 12.7. The lowest BCUT2D eigenvalue weighted by molar-refractivity contribution is 0.582. The highest BCUT2D eigenvalue weighted by Crippen LogP contribution is 2.26. The smallest absolute Gasteiger partial charge is 0.298 e. The van der Waals surface area contributed by atoms with E-state index in [-0.39, 0.29) is 0 Å². The van der Waals surface area contributed by atoms with Crippen molar-refractivity contribution in [2.24, 2.45) is 0 Å². The zero-order valence-electron chi connectivity index (χ0n) is 10.3. The lowest BCUT2D eigenvalue weighted by atomic mass is 10.3. The highest BCUT2D eigenvalue weighted by molar-refractivity contribution is 9.11. The monoisotopic (exact) mass is 337 g/mol. The Bertz CT molecular complexity index is 722. The molecule has 1 aromatic carbocycles. The van der Waals surface area contributed by atoms with E-state index >= 15 is 0 Å². The number of halogens is 1. The number of benzene rings is 1. The minimum atomic E-state index is 0.600. The van der Waals surface area contributed by atoms with Gasteiger partial charge < -0.3 is 15.1 Å². The first-order valence-corrected chi connectivity index (χ1v) is 7.39. The topological polar surface area (TPSA) is 55.3 Å². The number of rotatable bonds is 3. The van der Waals surface area contributed by atoms with Gasteiger partial charge in [0.2, 0.25) is 0 Å². The molecule has 4 nitrogen and oxygen atoms in total. The molecule has 2 N–H and O–H groups in total. The molecule has 0 atom stereocenters. The third-order valence-corrected chi connectivity index (χ3v) is 4.32. The summed E-state index contributed by atoms with van der Waals surface area (Å²) < 4.78 is 6.84. The van der Waals surface area contributed by atoms with Crippen LogP contribution in [-0.4, -0.2) is 12.0 Å². The van der Waals surface area contributed by atoms with Crippen molar-refractivity contribution >= 4 is 50.1 Å². The van der Waals surface area contributed by atoms with E-state index in [1.165, 1.54) is 5.56 Å². The Hall–Kier alpha value is -1.53. The van der Waals surface area contributed by atoms with Crippen molar-refractivity contribution in [3.8, 4) is 0 Å². The number of nitrogen functional groups attached to an aromatic ring is 1. The molecule has 19 heavy (non-hydrogen) atoms. The summed E-state index contributed by atoms with van der Waals surface area (Å²) in [6.07, 6.45) is 0. The number of nitrogens with zero attached hydrogens (tertiary/aromatic N) is 2. The van der Waals surface area contributed by atoms with Crippen molar-refractivity contribution in [1.82, 2.24) is 4.98 Å². The average Bonchev–Trinajstić information content (AvgIpc) is 2.95. The minimum Gasteiger partial charge on any atom is -0.423 e. The molecular weight excluding hydrogens is 326 g/mol. The van der Waals surface area contributed by atoms with E-state index in [4.69, 9.17) is 10.2 Å². The Balaban J connectivity index is 1.86. The van der Waals surface area contributed by atoms with E-state index in [9.17, 15) is 0 Å². The summed E-state index contributed by atoms with van der Waals surface area (Å²) in [4.78, 5) is 6.43. The quantitative estimate of drug-likeness (QED) is 0.737. The van der Waals surface area contributed by atoms with Gasteiger partial charge in [-0.15, -0.1) is 11.3 Å². The van der Waals surface area contributed by atoms with Gasteiger partial charge in [0.15, 0.2) is 5.58 Å². The molecule has 0 spiro atoms. The summed E-state index contributed by atoms with van der Waals surface area (Å²) in [5.74, 6) is 0. The Kier molecular flexibility index (Phi) is 3.20. The van der Waals surface area contributed by atoms with Crippen LogP contribution in [0.25, 0.3) is 11.1 Å². The first kappa shape index (κ1) is 12.5. The van der Waals surface area contributed by atoms with Crippen LogP contribution < -0.4 is 10.6 Å². The minimum absolute atomic E-state index is 0.600. The molecular formula is C13H12BrN3OS. The highest BCUT2D eigenvalue weighted by atomic mass is 79.9. The number of thiophene rings is 1. The van der Waals surface area contributed by atoms with E-state index in [0.717, 1.165) is 15.8 Å². The Morgan fingerprint density at radius 1 is 1.42 bits per heavy atom. The van der Waals surface area contributed by atoms with Crippen LogP contribution in [0.4, 0.5) is 11.7 Å². The van der Waals surface area contributed by atoms with Crippen LogP contribution in [0.3, 0.4) is 0 Å². The number of hydrogen-bond acceptors (Lipinski definition) is 5. The summed E-state index contributed by atoms with van der Waals surface area (Å²) in [7, 11) is 1.96. The van der Waals surface area contributed by atoms with Gasteiger partial charge in [0.25, 0.3) is 6.01 Å². The molecule has 2 aromatic heterocycles. The van der Waals surface area contributed by atoms with E-state index < -0.39 is 0 Å². The Labute approximate surface area is 123 Å². The molecule has 0 aliphatic heterocycles. The van der Waals surface area contributed by atoms with Gasteiger partial charge in [-0.05, 0) is 45.1 Å². The molecule has 3 aromatic rings. The summed E-state index contributed by atoms with van der Waals surface area (Å²) in [5, 5.41) is 2.11. The number of nitrogens with two attached hydrogens (primary N) is 1. The van der Waals surface area contributed by atoms with Crippen molar-refractivity contribution in [2.75, 3.05) is 17.7 Å². The van der Waals surface area contributed by atoms with Crippen LogP contribution in [-0.2, 0) is 6.54 Å². The number of hydrogen-bond donors (Lipinski definition) is 1.